The largest absolute Gasteiger partial charge is 0.493 e. The van der Waals surface area contributed by atoms with Gasteiger partial charge in [-0.1, -0.05) is 36.5 Å². The van der Waals surface area contributed by atoms with Gasteiger partial charge in [0.2, 0.25) is 5.91 Å². The van der Waals surface area contributed by atoms with Gasteiger partial charge in [0.15, 0.2) is 0 Å². The molecule has 1 aliphatic rings. The average Bonchev–Trinajstić information content (AvgIpc) is 2.90. The highest BCUT2D eigenvalue weighted by Gasteiger charge is 2.23. The molecule has 0 saturated carbocycles. The van der Waals surface area contributed by atoms with E-state index in [0.29, 0.717) is 13.2 Å². The predicted molar refractivity (Wildman–Crippen MR) is 84.9 cm³/mol. The van der Waals surface area contributed by atoms with Crippen molar-refractivity contribution in [1.82, 2.24) is 15.5 Å². The molecule has 2 aromatic rings. The van der Waals surface area contributed by atoms with Crippen LogP contribution in [0.2, 0.25) is 0 Å². The lowest BCUT2D eigenvalue weighted by Crippen LogP contribution is -2.31. The van der Waals surface area contributed by atoms with Crippen molar-refractivity contribution in [1.29, 1.82) is 0 Å². The number of rotatable bonds is 4. The van der Waals surface area contributed by atoms with Gasteiger partial charge in [0, 0.05) is 5.92 Å². The van der Waals surface area contributed by atoms with E-state index in [1.54, 1.807) is 11.3 Å². The minimum absolute atomic E-state index is 0.0535. The van der Waals surface area contributed by atoms with Gasteiger partial charge in [-0.2, -0.15) is 0 Å². The van der Waals surface area contributed by atoms with E-state index >= 15 is 0 Å². The van der Waals surface area contributed by atoms with Gasteiger partial charge in [0.1, 0.15) is 15.8 Å². The van der Waals surface area contributed by atoms with Crippen molar-refractivity contribution in [3.05, 3.63) is 39.8 Å². The maximum Gasteiger partial charge on any atom is 0.223 e. The molecule has 1 atom stereocenters. The fourth-order valence-electron chi connectivity index (χ4n) is 2.53. The number of ether oxygens (including phenoxy) is 1. The van der Waals surface area contributed by atoms with E-state index in [0.717, 1.165) is 40.6 Å². The molecule has 1 aromatic carbocycles. The molecule has 2 heterocycles. The summed E-state index contributed by atoms with van der Waals surface area (Å²) < 4.78 is 5.71. The first-order chi connectivity index (χ1) is 10.8. The second-order valence-corrected chi connectivity index (χ2v) is 6.45. The van der Waals surface area contributed by atoms with Crippen LogP contribution >= 0.6 is 11.3 Å². The van der Waals surface area contributed by atoms with E-state index in [1.165, 1.54) is 0 Å². The van der Waals surface area contributed by atoms with E-state index in [-0.39, 0.29) is 11.8 Å². The summed E-state index contributed by atoms with van der Waals surface area (Å²) in [5, 5.41) is 13.0. The summed E-state index contributed by atoms with van der Waals surface area (Å²) in [6.45, 7) is 3.08. The Kier molecular flexibility index (Phi) is 4.68. The second kappa shape index (κ2) is 6.87. The van der Waals surface area contributed by atoms with Crippen LogP contribution in [0.4, 0.5) is 0 Å². The van der Waals surface area contributed by atoms with Gasteiger partial charge in [-0.3, -0.25) is 4.79 Å². The molecule has 1 aliphatic heterocycles. The molecule has 0 aliphatic carbocycles. The molecule has 22 heavy (non-hydrogen) atoms. The van der Waals surface area contributed by atoms with Crippen molar-refractivity contribution in [3.8, 4) is 5.75 Å². The molecule has 6 heteroatoms. The van der Waals surface area contributed by atoms with Crippen molar-refractivity contribution in [2.24, 2.45) is 5.92 Å². The zero-order chi connectivity index (χ0) is 15.4. The Morgan fingerprint density at radius 2 is 2.18 bits per heavy atom. The number of aryl methyl sites for hydroxylation is 1. The first kappa shape index (κ1) is 15.0. The van der Waals surface area contributed by atoms with Crippen LogP contribution in [0.3, 0.4) is 0 Å². The highest BCUT2D eigenvalue weighted by molar-refractivity contribution is 7.11. The van der Waals surface area contributed by atoms with Crippen molar-refractivity contribution < 1.29 is 9.53 Å². The van der Waals surface area contributed by atoms with Crippen LogP contribution in [0.1, 0.15) is 28.9 Å². The molecule has 1 N–H and O–H groups in total. The zero-order valence-electron chi connectivity index (χ0n) is 12.5. The lowest BCUT2D eigenvalue weighted by atomic mass is 9.96. The Hall–Kier alpha value is -1.95. The van der Waals surface area contributed by atoms with Gasteiger partial charge < -0.3 is 10.1 Å². The molecule has 0 radical (unpaired) electrons. The number of nitrogens with zero attached hydrogens (tertiary/aromatic N) is 2. The third-order valence-electron chi connectivity index (χ3n) is 3.76. The number of benzene rings is 1. The molecule has 3 rings (SSSR count). The molecule has 5 nitrogen and oxygen atoms in total. The molecule has 116 valence electrons. The summed E-state index contributed by atoms with van der Waals surface area (Å²) in [4.78, 5) is 12.4. The lowest BCUT2D eigenvalue weighted by molar-refractivity contribution is -0.125. The van der Waals surface area contributed by atoms with Gasteiger partial charge in [-0.15, -0.1) is 10.2 Å². The summed E-state index contributed by atoms with van der Waals surface area (Å²) in [5.74, 6) is 0.908. The summed E-state index contributed by atoms with van der Waals surface area (Å²) in [6, 6.07) is 7.93. The topological polar surface area (TPSA) is 64.1 Å². The molecule has 1 aromatic heterocycles. The summed E-state index contributed by atoms with van der Waals surface area (Å²) in [6.07, 6.45) is 2.33. The number of para-hydroxylation sites is 1. The average molecular weight is 317 g/mol. The molecule has 0 unspecified atom stereocenters. The third-order valence-corrected chi connectivity index (χ3v) is 4.83. The number of fused-ring (bicyclic) bond motifs is 1. The van der Waals surface area contributed by atoms with Crippen molar-refractivity contribution in [3.63, 3.8) is 0 Å². The number of aromatic nitrogens is 2. The zero-order valence-corrected chi connectivity index (χ0v) is 13.4. The van der Waals surface area contributed by atoms with E-state index in [9.17, 15) is 4.79 Å². The van der Waals surface area contributed by atoms with Crippen LogP contribution in [0.15, 0.2) is 24.3 Å². The van der Waals surface area contributed by atoms with Gasteiger partial charge in [-0.25, -0.2) is 0 Å². The molecule has 0 bridgehead atoms. The first-order valence-corrected chi connectivity index (χ1v) is 8.37. The van der Waals surface area contributed by atoms with Crippen molar-refractivity contribution in [2.75, 3.05) is 6.61 Å². The Balaban J connectivity index is 1.60. The van der Waals surface area contributed by atoms with E-state index in [2.05, 4.69) is 15.5 Å². The summed E-state index contributed by atoms with van der Waals surface area (Å²) in [5.41, 5.74) is 1.10. The summed E-state index contributed by atoms with van der Waals surface area (Å²) in [7, 11) is 0. The van der Waals surface area contributed by atoms with Gasteiger partial charge in [0.25, 0.3) is 0 Å². The molecular weight excluding hydrogens is 298 g/mol. The molecule has 0 fully saturated rings. The third kappa shape index (κ3) is 3.44. The van der Waals surface area contributed by atoms with E-state index < -0.39 is 0 Å². The summed E-state index contributed by atoms with van der Waals surface area (Å²) >= 11 is 1.55. The lowest BCUT2D eigenvalue weighted by Gasteiger charge is -2.13. The van der Waals surface area contributed by atoms with Crippen LogP contribution < -0.4 is 10.1 Å². The van der Waals surface area contributed by atoms with Gasteiger partial charge in [0.05, 0.1) is 13.2 Å². The molecular formula is C16H19N3O2S. The Bertz CT molecular complexity index is 656. The monoisotopic (exact) mass is 317 g/mol. The fraction of sp³-hybridized carbons (Fsp3) is 0.438. The quantitative estimate of drug-likeness (QED) is 0.940. The van der Waals surface area contributed by atoms with Crippen LogP contribution in [-0.4, -0.2) is 22.7 Å². The predicted octanol–water partition coefficient (Wildman–Crippen LogP) is 2.36. The molecule has 1 amide bonds. The van der Waals surface area contributed by atoms with E-state index in [1.807, 2.05) is 31.2 Å². The maximum absolute atomic E-state index is 12.4. The highest BCUT2D eigenvalue weighted by Crippen LogP contribution is 2.26. The second-order valence-electron chi connectivity index (χ2n) is 5.31. The van der Waals surface area contributed by atoms with Gasteiger partial charge >= 0.3 is 0 Å². The first-order valence-electron chi connectivity index (χ1n) is 7.56. The maximum atomic E-state index is 12.4. The van der Waals surface area contributed by atoms with Crippen LogP contribution in [0, 0.1) is 5.92 Å². The SMILES string of the molecule is CCc1nnc(CNC(=O)[C@@H]2CCOc3ccccc3C2)s1. The minimum Gasteiger partial charge on any atom is -0.493 e. The smallest absolute Gasteiger partial charge is 0.223 e. The Morgan fingerprint density at radius 1 is 1.36 bits per heavy atom. The van der Waals surface area contributed by atoms with Crippen molar-refractivity contribution in [2.45, 2.75) is 32.7 Å². The van der Waals surface area contributed by atoms with Crippen molar-refractivity contribution >= 4 is 17.2 Å². The minimum atomic E-state index is -0.0535. The number of carbonyl (C=O) groups excluding carboxylic acids is 1. The fourth-order valence-corrected chi connectivity index (χ4v) is 3.25. The number of hydrogen-bond acceptors (Lipinski definition) is 5. The highest BCUT2D eigenvalue weighted by atomic mass is 32.1. The number of hydrogen-bond donors (Lipinski definition) is 1. The Morgan fingerprint density at radius 3 is 3.00 bits per heavy atom. The standard InChI is InChI=1S/C16H19N3O2S/c1-2-14-18-19-15(22-14)10-17-16(20)12-7-8-21-13-6-4-3-5-11(13)9-12/h3-6,12H,2,7-10H2,1H3,(H,17,20)/t12-/m1/s1. The normalized spacial score (nSPS) is 17.2. The Labute approximate surface area is 133 Å². The van der Waals surface area contributed by atoms with Crippen LogP contribution in [0.25, 0.3) is 0 Å². The number of carbonyl (C=O) groups is 1. The number of nitrogens with one attached hydrogen (secondary N) is 1. The number of amides is 1. The molecule has 0 spiro atoms. The van der Waals surface area contributed by atoms with Crippen LogP contribution in [0.5, 0.6) is 5.75 Å². The van der Waals surface area contributed by atoms with Crippen LogP contribution in [-0.2, 0) is 24.2 Å². The van der Waals surface area contributed by atoms with E-state index in [4.69, 9.17) is 4.74 Å². The molecule has 0 saturated heterocycles. The van der Waals surface area contributed by atoms with Gasteiger partial charge in [-0.05, 0) is 30.9 Å².